The summed E-state index contributed by atoms with van der Waals surface area (Å²) < 4.78 is 10.6. The minimum absolute atomic E-state index is 0.00267. The Morgan fingerprint density at radius 2 is 1.83 bits per heavy atom. The van der Waals surface area contributed by atoms with E-state index in [4.69, 9.17) is 9.47 Å². The van der Waals surface area contributed by atoms with Crippen LogP contribution in [0.25, 0.3) is 0 Å². The van der Waals surface area contributed by atoms with E-state index in [1.54, 1.807) is 40.0 Å². The lowest BCUT2D eigenvalue weighted by Crippen LogP contribution is -2.61. The molecule has 1 aromatic heterocycles. The molecule has 3 amide bonds. The molecule has 2 saturated heterocycles. The largest absolute Gasteiger partial charge is 0.461 e. The highest BCUT2D eigenvalue weighted by Crippen LogP contribution is 2.36. The normalized spacial score (nSPS) is 23.0. The fourth-order valence-corrected chi connectivity index (χ4v) is 7.07. The quantitative estimate of drug-likeness (QED) is 0.442. The molecule has 234 valence electrons. The predicted octanol–water partition coefficient (Wildman–Crippen LogP) is 3.99. The van der Waals surface area contributed by atoms with Gasteiger partial charge < -0.3 is 19.7 Å². The molecular formula is C30H47N5O6S. The van der Waals surface area contributed by atoms with Crippen molar-refractivity contribution < 1.29 is 28.7 Å². The maximum atomic E-state index is 14.5. The smallest absolute Gasteiger partial charge is 0.410 e. The van der Waals surface area contributed by atoms with Crippen molar-refractivity contribution in [1.82, 2.24) is 25.0 Å². The molecule has 1 aromatic rings. The van der Waals surface area contributed by atoms with E-state index in [0.717, 1.165) is 51.5 Å². The molecular weight excluding hydrogens is 558 g/mol. The van der Waals surface area contributed by atoms with Gasteiger partial charge in [0.25, 0.3) is 0 Å². The third-order valence-corrected chi connectivity index (χ3v) is 9.54. The van der Waals surface area contributed by atoms with Gasteiger partial charge in [0.05, 0.1) is 12.6 Å². The highest BCUT2D eigenvalue weighted by molar-refractivity contribution is 7.09. The van der Waals surface area contributed by atoms with Gasteiger partial charge in [-0.2, -0.15) is 0 Å². The first-order valence-corrected chi connectivity index (χ1v) is 16.2. The van der Waals surface area contributed by atoms with Gasteiger partial charge in [-0.1, -0.05) is 19.3 Å². The molecule has 3 heterocycles. The lowest BCUT2D eigenvalue weighted by Gasteiger charge is -2.45. The number of likely N-dealkylation sites (N-methyl/N-ethyl adjacent to an activating group) is 1. The maximum Gasteiger partial charge on any atom is 0.410 e. The zero-order valence-electron chi connectivity index (χ0n) is 25.9. The van der Waals surface area contributed by atoms with E-state index in [2.05, 4.69) is 15.2 Å². The number of thiazole rings is 1. The van der Waals surface area contributed by atoms with Crippen LogP contribution in [-0.4, -0.2) is 101 Å². The molecule has 12 heteroatoms. The molecule has 2 aliphatic heterocycles. The van der Waals surface area contributed by atoms with E-state index in [9.17, 15) is 19.2 Å². The lowest BCUT2D eigenvalue weighted by molar-refractivity contribution is -0.144. The minimum atomic E-state index is -0.827. The fourth-order valence-electron chi connectivity index (χ4n) is 6.18. The van der Waals surface area contributed by atoms with Crippen LogP contribution in [0.4, 0.5) is 4.79 Å². The number of nitrogens with zero attached hydrogens (tertiary/aromatic N) is 4. The summed E-state index contributed by atoms with van der Waals surface area (Å²) in [5, 5.41) is 5.46. The van der Waals surface area contributed by atoms with Gasteiger partial charge in [0.15, 0.2) is 5.69 Å². The van der Waals surface area contributed by atoms with Gasteiger partial charge in [0.2, 0.25) is 11.8 Å². The third-order valence-electron chi connectivity index (χ3n) is 8.59. The summed E-state index contributed by atoms with van der Waals surface area (Å²) in [5.74, 6) is -0.972. The van der Waals surface area contributed by atoms with E-state index in [0.29, 0.717) is 18.1 Å². The molecule has 0 bridgehead atoms. The number of nitrogens with one attached hydrogen (secondary N) is 1. The van der Waals surface area contributed by atoms with Crippen LogP contribution in [-0.2, 0) is 19.1 Å². The van der Waals surface area contributed by atoms with Gasteiger partial charge in [-0.3, -0.25) is 19.4 Å². The Morgan fingerprint density at radius 3 is 2.50 bits per heavy atom. The minimum Gasteiger partial charge on any atom is -0.461 e. The topological polar surface area (TPSA) is 121 Å². The molecule has 4 atom stereocenters. The van der Waals surface area contributed by atoms with Gasteiger partial charge in [-0.05, 0) is 72.8 Å². The monoisotopic (exact) mass is 605 g/mol. The van der Waals surface area contributed by atoms with E-state index in [1.807, 2.05) is 4.90 Å². The fraction of sp³-hybridized carbons (Fsp3) is 0.767. The van der Waals surface area contributed by atoms with Crippen molar-refractivity contribution in [2.75, 3.05) is 33.3 Å². The molecule has 3 aliphatic rings. The summed E-state index contributed by atoms with van der Waals surface area (Å²) in [5.41, 5.74) is -0.438. The molecule has 11 nitrogen and oxygen atoms in total. The van der Waals surface area contributed by atoms with Crippen molar-refractivity contribution in [2.45, 2.75) is 109 Å². The average Bonchev–Trinajstić information content (AvgIpc) is 3.63. The van der Waals surface area contributed by atoms with Crippen LogP contribution in [0.1, 0.15) is 101 Å². The van der Waals surface area contributed by atoms with Crippen molar-refractivity contribution in [3.8, 4) is 0 Å². The zero-order valence-corrected chi connectivity index (χ0v) is 26.7. The number of hydrogen-bond acceptors (Lipinski definition) is 9. The second-order valence-corrected chi connectivity index (χ2v) is 13.6. The maximum absolute atomic E-state index is 14.5. The number of carbonyl (C=O) groups is 4. The van der Waals surface area contributed by atoms with E-state index in [-0.39, 0.29) is 42.1 Å². The van der Waals surface area contributed by atoms with Crippen molar-refractivity contribution in [3.05, 3.63) is 16.1 Å². The van der Waals surface area contributed by atoms with E-state index in [1.165, 1.54) is 23.3 Å². The number of esters is 1. The number of ether oxygens (including phenoxy) is 2. The van der Waals surface area contributed by atoms with Gasteiger partial charge in [-0.25, -0.2) is 14.6 Å². The van der Waals surface area contributed by atoms with Crippen LogP contribution in [0.2, 0.25) is 0 Å². The van der Waals surface area contributed by atoms with Crippen molar-refractivity contribution >= 4 is 35.2 Å². The molecule has 4 rings (SSSR count). The van der Waals surface area contributed by atoms with E-state index < -0.39 is 29.7 Å². The number of amides is 3. The van der Waals surface area contributed by atoms with Crippen LogP contribution in [0.15, 0.2) is 5.38 Å². The summed E-state index contributed by atoms with van der Waals surface area (Å²) in [6.45, 7) is 11.1. The van der Waals surface area contributed by atoms with Gasteiger partial charge in [0, 0.05) is 31.6 Å². The first-order chi connectivity index (χ1) is 19.9. The van der Waals surface area contributed by atoms with Crippen molar-refractivity contribution in [2.24, 2.45) is 5.92 Å². The predicted molar refractivity (Wildman–Crippen MR) is 159 cm³/mol. The standard InChI is InChI=1S/C30H47N5O6S/c1-7-40-28(38)22-18-42-26(31-22)23-17-34-15-11-14-21(34)16-35(23)27(37)24(20-12-9-8-10-13-20)32-25(36)19(2)33(6)29(39)41-30(3,4)5/h18-21,23-24H,7-17H2,1-6H3,(H,32,36)/t19-,21+,23-,24-/m0/s1. The summed E-state index contributed by atoms with van der Waals surface area (Å²) >= 11 is 1.37. The van der Waals surface area contributed by atoms with Crippen molar-refractivity contribution in [3.63, 3.8) is 0 Å². The van der Waals surface area contributed by atoms with Crippen LogP contribution < -0.4 is 5.32 Å². The summed E-state index contributed by atoms with van der Waals surface area (Å²) in [7, 11) is 1.54. The Hall–Kier alpha value is -2.73. The Morgan fingerprint density at radius 1 is 1.12 bits per heavy atom. The average molecular weight is 606 g/mol. The Labute approximate surface area is 253 Å². The number of carbonyl (C=O) groups excluding carboxylic acids is 4. The third kappa shape index (κ3) is 7.61. The number of aromatic nitrogens is 1. The molecule has 1 aliphatic carbocycles. The SMILES string of the molecule is CCOC(=O)c1csc([C@@H]2CN3CCC[C@@H]3CN2C(=O)[C@@H](NC(=O)[C@H](C)N(C)C(=O)OC(C)(C)C)C2CCCCC2)n1. The molecule has 0 unspecified atom stereocenters. The van der Waals surface area contributed by atoms with Crippen LogP contribution in [0.5, 0.6) is 0 Å². The lowest BCUT2D eigenvalue weighted by atomic mass is 9.82. The molecule has 0 aromatic carbocycles. The second kappa shape index (κ2) is 13.7. The van der Waals surface area contributed by atoms with Crippen LogP contribution >= 0.6 is 11.3 Å². The highest BCUT2D eigenvalue weighted by atomic mass is 32.1. The molecule has 1 N–H and O–H groups in total. The molecule has 3 fully saturated rings. The van der Waals surface area contributed by atoms with Crippen LogP contribution in [0, 0.1) is 5.92 Å². The van der Waals surface area contributed by atoms with Crippen LogP contribution in [0.3, 0.4) is 0 Å². The first kappa shape index (κ1) is 32.2. The number of hydrogen-bond donors (Lipinski definition) is 1. The molecule has 42 heavy (non-hydrogen) atoms. The summed E-state index contributed by atoms with van der Waals surface area (Å²) in [4.78, 5) is 63.3. The molecule has 0 spiro atoms. The first-order valence-electron chi connectivity index (χ1n) is 15.3. The zero-order chi connectivity index (χ0) is 30.6. The Balaban J connectivity index is 1.58. The van der Waals surface area contributed by atoms with E-state index >= 15 is 0 Å². The molecule has 1 saturated carbocycles. The number of piperazine rings is 1. The van der Waals surface area contributed by atoms with Gasteiger partial charge in [-0.15, -0.1) is 11.3 Å². The van der Waals surface area contributed by atoms with Gasteiger partial charge in [0.1, 0.15) is 22.7 Å². The number of rotatable bonds is 8. The Kier molecular flexibility index (Phi) is 10.5. The Bertz CT molecular complexity index is 1130. The summed E-state index contributed by atoms with van der Waals surface area (Å²) in [6.07, 6.45) is 6.33. The summed E-state index contributed by atoms with van der Waals surface area (Å²) in [6, 6.07) is -1.61. The number of fused-ring (bicyclic) bond motifs is 1. The highest BCUT2D eigenvalue weighted by Gasteiger charge is 2.44. The van der Waals surface area contributed by atoms with Gasteiger partial charge >= 0.3 is 12.1 Å². The second-order valence-electron chi connectivity index (χ2n) is 12.7. The van der Waals surface area contributed by atoms with Crippen molar-refractivity contribution in [1.29, 1.82) is 0 Å². The molecule has 0 radical (unpaired) electrons.